The number of nitrogens with one attached hydrogen (secondary N) is 1. The van der Waals surface area contributed by atoms with Crippen LogP contribution in [0.4, 0.5) is 0 Å². The fraction of sp³-hybridized carbons (Fsp3) is 0.750. The van der Waals surface area contributed by atoms with Crippen molar-refractivity contribution in [1.82, 2.24) is 10.5 Å². The maximum absolute atomic E-state index is 5.43. The molecule has 2 atom stereocenters. The molecule has 0 saturated carbocycles. The van der Waals surface area contributed by atoms with Crippen LogP contribution < -0.4 is 5.32 Å². The summed E-state index contributed by atoms with van der Waals surface area (Å²) < 4.78 is 5.43. The van der Waals surface area contributed by atoms with Crippen LogP contribution in [0.3, 0.4) is 0 Å². The predicted molar refractivity (Wildman–Crippen MR) is 59.8 cm³/mol. The molecule has 0 aromatic carbocycles. The van der Waals surface area contributed by atoms with Crippen molar-refractivity contribution < 1.29 is 4.52 Å². The molecule has 0 fully saturated rings. The summed E-state index contributed by atoms with van der Waals surface area (Å²) in [6.45, 7) is 8.49. The second-order valence-corrected chi connectivity index (χ2v) is 4.69. The van der Waals surface area contributed by atoms with E-state index >= 15 is 0 Å². The molecule has 0 radical (unpaired) electrons. The molecule has 15 heavy (non-hydrogen) atoms. The van der Waals surface area contributed by atoms with Gasteiger partial charge in [-0.15, -0.1) is 0 Å². The highest BCUT2D eigenvalue weighted by Gasteiger charge is 2.28. The standard InChI is InChI=1S/C12H20N2O/c1-4-13-7-10-12-9(3)5-8(2)6-11(12)15-14-10/h8-9,13H,4-7H2,1-3H3. The van der Waals surface area contributed by atoms with E-state index in [0.717, 1.165) is 36.9 Å². The summed E-state index contributed by atoms with van der Waals surface area (Å²) in [5.74, 6) is 2.45. The lowest BCUT2D eigenvalue weighted by Crippen LogP contribution is -2.18. The van der Waals surface area contributed by atoms with E-state index in [9.17, 15) is 0 Å². The summed E-state index contributed by atoms with van der Waals surface area (Å²) in [7, 11) is 0. The lowest BCUT2D eigenvalue weighted by Gasteiger charge is -2.23. The monoisotopic (exact) mass is 208 g/mol. The van der Waals surface area contributed by atoms with Crippen molar-refractivity contribution in [1.29, 1.82) is 0 Å². The van der Waals surface area contributed by atoms with Crippen LogP contribution in [0.1, 0.15) is 50.1 Å². The van der Waals surface area contributed by atoms with Crippen molar-refractivity contribution in [3.63, 3.8) is 0 Å². The Morgan fingerprint density at radius 1 is 1.47 bits per heavy atom. The topological polar surface area (TPSA) is 38.1 Å². The van der Waals surface area contributed by atoms with Gasteiger partial charge >= 0.3 is 0 Å². The molecule has 0 amide bonds. The van der Waals surface area contributed by atoms with E-state index in [0.29, 0.717) is 5.92 Å². The SMILES string of the molecule is CCNCc1noc2c1C(C)CC(C)C2. The van der Waals surface area contributed by atoms with Gasteiger partial charge in [0.15, 0.2) is 0 Å². The van der Waals surface area contributed by atoms with Gasteiger partial charge in [-0.3, -0.25) is 0 Å². The molecule has 2 unspecified atom stereocenters. The highest BCUT2D eigenvalue weighted by Crippen LogP contribution is 2.36. The van der Waals surface area contributed by atoms with Crippen LogP contribution in [0.15, 0.2) is 4.52 Å². The van der Waals surface area contributed by atoms with E-state index < -0.39 is 0 Å². The molecule has 3 heteroatoms. The normalized spacial score (nSPS) is 25.3. The molecule has 84 valence electrons. The Labute approximate surface area is 91.2 Å². The average molecular weight is 208 g/mol. The summed E-state index contributed by atoms with van der Waals surface area (Å²) in [4.78, 5) is 0. The number of fused-ring (bicyclic) bond motifs is 1. The highest BCUT2D eigenvalue weighted by molar-refractivity contribution is 5.29. The van der Waals surface area contributed by atoms with Crippen molar-refractivity contribution in [3.05, 3.63) is 17.0 Å². The maximum Gasteiger partial charge on any atom is 0.140 e. The second-order valence-electron chi connectivity index (χ2n) is 4.69. The molecule has 1 aliphatic carbocycles. The van der Waals surface area contributed by atoms with Crippen LogP contribution in [-0.4, -0.2) is 11.7 Å². The van der Waals surface area contributed by atoms with Crippen LogP contribution in [0.25, 0.3) is 0 Å². The lowest BCUT2D eigenvalue weighted by molar-refractivity contribution is 0.332. The Balaban J connectivity index is 2.21. The molecule has 0 spiro atoms. The first-order chi connectivity index (χ1) is 7.22. The molecular formula is C12H20N2O. The fourth-order valence-corrected chi connectivity index (χ4v) is 2.57. The molecule has 0 bridgehead atoms. The van der Waals surface area contributed by atoms with Gasteiger partial charge in [0, 0.05) is 18.5 Å². The van der Waals surface area contributed by atoms with E-state index in [1.807, 2.05) is 0 Å². The zero-order chi connectivity index (χ0) is 10.8. The molecule has 3 nitrogen and oxygen atoms in total. The summed E-state index contributed by atoms with van der Waals surface area (Å²) in [5, 5.41) is 7.49. The molecule has 0 saturated heterocycles. The van der Waals surface area contributed by atoms with E-state index in [1.165, 1.54) is 12.0 Å². The van der Waals surface area contributed by atoms with Gasteiger partial charge in [-0.25, -0.2) is 0 Å². The summed E-state index contributed by atoms with van der Waals surface area (Å²) in [5.41, 5.74) is 2.49. The number of nitrogens with zero attached hydrogens (tertiary/aromatic N) is 1. The Morgan fingerprint density at radius 2 is 2.27 bits per heavy atom. The van der Waals surface area contributed by atoms with Crippen molar-refractivity contribution >= 4 is 0 Å². The van der Waals surface area contributed by atoms with Gasteiger partial charge in [-0.2, -0.15) is 0 Å². The van der Waals surface area contributed by atoms with E-state index in [-0.39, 0.29) is 0 Å². The first-order valence-corrected chi connectivity index (χ1v) is 5.90. The molecule has 0 aliphatic heterocycles. The molecule has 1 aromatic rings. The Hall–Kier alpha value is -0.830. The minimum absolute atomic E-state index is 0.601. The lowest BCUT2D eigenvalue weighted by atomic mass is 9.81. The molecule has 1 aromatic heterocycles. The Bertz CT molecular complexity index is 332. The third-order valence-electron chi connectivity index (χ3n) is 3.20. The first kappa shape index (κ1) is 10.7. The minimum atomic E-state index is 0.601. The van der Waals surface area contributed by atoms with Gasteiger partial charge in [0.1, 0.15) is 11.5 Å². The van der Waals surface area contributed by atoms with Gasteiger partial charge in [-0.1, -0.05) is 25.9 Å². The predicted octanol–water partition coefficient (Wildman–Crippen LogP) is 2.47. The zero-order valence-corrected chi connectivity index (χ0v) is 9.84. The van der Waals surface area contributed by atoms with Crippen molar-refractivity contribution in [3.8, 4) is 0 Å². The number of hydrogen-bond donors (Lipinski definition) is 1. The van der Waals surface area contributed by atoms with E-state index in [1.54, 1.807) is 0 Å². The van der Waals surface area contributed by atoms with Gasteiger partial charge in [-0.05, 0) is 24.8 Å². The van der Waals surface area contributed by atoms with Crippen molar-refractivity contribution in [2.45, 2.75) is 46.1 Å². The Morgan fingerprint density at radius 3 is 3.00 bits per heavy atom. The van der Waals surface area contributed by atoms with Crippen molar-refractivity contribution in [2.75, 3.05) is 6.54 Å². The van der Waals surface area contributed by atoms with E-state index in [2.05, 4.69) is 31.2 Å². The average Bonchev–Trinajstić information content (AvgIpc) is 2.58. The van der Waals surface area contributed by atoms with Crippen LogP contribution in [-0.2, 0) is 13.0 Å². The smallest absolute Gasteiger partial charge is 0.140 e. The number of hydrogen-bond acceptors (Lipinski definition) is 3. The largest absolute Gasteiger partial charge is 0.361 e. The highest BCUT2D eigenvalue weighted by atomic mass is 16.5. The van der Waals surface area contributed by atoms with Crippen molar-refractivity contribution in [2.24, 2.45) is 5.92 Å². The van der Waals surface area contributed by atoms with Gasteiger partial charge in [0.05, 0.1) is 0 Å². The third-order valence-corrected chi connectivity index (χ3v) is 3.20. The van der Waals surface area contributed by atoms with Crippen LogP contribution in [0.2, 0.25) is 0 Å². The number of rotatable bonds is 3. The van der Waals surface area contributed by atoms with Gasteiger partial charge < -0.3 is 9.84 Å². The molecule has 1 N–H and O–H groups in total. The first-order valence-electron chi connectivity index (χ1n) is 5.90. The summed E-state index contributed by atoms with van der Waals surface area (Å²) >= 11 is 0. The molecule has 2 rings (SSSR count). The quantitative estimate of drug-likeness (QED) is 0.829. The third kappa shape index (κ3) is 2.07. The Kier molecular flexibility index (Phi) is 3.10. The molecule has 1 heterocycles. The maximum atomic E-state index is 5.43. The second kappa shape index (κ2) is 4.35. The molecular weight excluding hydrogens is 188 g/mol. The number of aromatic nitrogens is 1. The fourth-order valence-electron chi connectivity index (χ4n) is 2.57. The minimum Gasteiger partial charge on any atom is -0.361 e. The van der Waals surface area contributed by atoms with Gasteiger partial charge in [0.2, 0.25) is 0 Å². The summed E-state index contributed by atoms with van der Waals surface area (Å²) in [6.07, 6.45) is 2.31. The van der Waals surface area contributed by atoms with E-state index in [4.69, 9.17) is 4.52 Å². The zero-order valence-electron chi connectivity index (χ0n) is 9.84. The van der Waals surface area contributed by atoms with Crippen LogP contribution >= 0.6 is 0 Å². The van der Waals surface area contributed by atoms with Gasteiger partial charge in [0.25, 0.3) is 0 Å². The van der Waals surface area contributed by atoms with Crippen LogP contribution in [0.5, 0.6) is 0 Å². The summed E-state index contributed by atoms with van der Waals surface area (Å²) in [6, 6.07) is 0. The molecule has 1 aliphatic rings. The van der Waals surface area contributed by atoms with Crippen LogP contribution in [0, 0.1) is 5.92 Å².